The van der Waals surface area contributed by atoms with Crippen molar-refractivity contribution in [2.45, 2.75) is 18.2 Å². The fraction of sp³-hybridized carbons (Fsp3) is 0.316. The van der Waals surface area contributed by atoms with Gasteiger partial charge in [0, 0.05) is 31.2 Å². The minimum absolute atomic E-state index is 0.0293. The maximum atomic E-state index is 13.5. The number of hydrogen-bond acceptors (Lipinski definition) is 3. The zero-order valence-electron chi connectivity index (χ0n) is 14.9. The Bertz CT molecular complexity index is 957. The Morgan fingerprint density at radius 2 is 1.78 bits per heavy atom. The fourth-order valence-electron chi connectivity index (χ4n) is 3.09. The molecule has 1 aliphatic rings. The highest BCUT2D eigenvalue weighted by atomic mass is 35.5. The van der Waals surface area contributed by atoms with E-state index in [4.69, 9.17) is 11.6 Å². The molecule has 0 aliphatic carbocycles. The second kappa shape index (κ2) is 7.96. The zero-order chi connectivity index (χ0) is 19.6. The lowest BCUT2D eigenvalue weighted by molar-refractivity contribution is -0.131. The second-order valence-electron chi connectivity index (χ2n) is 6.46. The number of rotatable bonds is 4. The number of halogens is 2. The highest BCUT2D eigenvalue weighted by Crippen LogP contribution is 2.23. The van der Waals surface area contributed by atoms with Gasteiger partial charge in [-0.05, 0) is 36.2 Å². The predicted molar refractivity (Wildman–Crippen MR) is 102 cm³/mol. The molecule has 5 nitrogen and oxygen atoms in total. The van der Waals surface area contributed by atoms with Crippen LogP contribution in [-0.2, 0) is 21.2 Å². The Labute approximate surface area is 163 Å². The summed E-state index contributed by atoms with van der Waals surface area (Å²) < 4.78 is 40.4. The smallest absolute Gasteiger partial charge is 0.243 e. The molecule has 0 radical (unpaired) electrons. The molecule has 1 saturated heterocycles. The van der Waals surface area contributed by atoms with Crippen molar-refractivity contribution in [3.63, 3.8) is 0 Å². The molecule has 0 atom stereocenters. The number of hydrogen-bond donors (Lipinski definition) is 0. The van der Waals surface area contributed by atoms with E-state index in [1.165, 1.54) is 16.4 Å². The van der Waals surface area contributed by atoms with E-state index in [1.54, 1.807) is 30.0 Å². The Balaban J connectivity index is 1.67. The molecule has 0 N–H and O–H groups in total. The Kier molecular flexibility index (Phi) is 5.83. The summed E-state index contributed by atoms with van der Waals surface area (Å²) in [5.41, 5.74) is 1.24. The first kappa shape index (κ1) is 19.8. The van der Waals surface area contributed by atoms with Crippen molar-refractivity contribution in [2.24, 2.45) is 0 Å². The molecule has 27 heavy (non-hydrogen) atoms. The number of benzene rings is 2. The summed E-state index contributed by atoms with van der Waals surface area (Å²) in [4.78, 5) is 14.1. The van der Waals surface area contributed by atoms with Crippen LogP contribution >= 0.6 is 11.6 Å². The van der Waals surface area contributed by atoms with Crippen LogP contribution < -0.4 is 0 Å². The van der Waals surface area contributed by atoms with Gasteiger partial charge in [0.05, 0.1) is 11.3 Å². The molecule has 1 amide bonds. The molecule has 0 saturated carbocycles. The van der Waals surface area contributed by atoms with Crippen LogP contribution in [0.3, 0.4) is 0 Å². The van der Waals surface area contributed by atoms with Gasteiger partial charge in [-0.2, -0.15) is 4.31 Å². The third kappa shape index (κ3) is 4.31. The van der Waals surface area contributed by atoms with E-state index in [0.29, 0.717) is 10.6 Å². The second-order valence-corrected chi connectivity index (χ2v) is 8.78. The van der Waals surface area contributed by atoms with Gasteiger partial charge < -0.3 is 4.90 Å². The first-order chi connectivity index (χ1) is 12.8. The zero-order valence-corrected chi connectivity index (χ0v) is 16.4. The molecule has 1 aliphatic heterocycles. The SMILES string of the molecule is Cc1ccc(F)cc1S(=O)(=O)N1CCN(C(=O)Cc2ccccc2Cl)CC1. The quantitative estimate of drug-likeness (QED) is 0.778. The number of carbonyl (C=O) groups excluding carboxylic acids is 1. The lowest BCUT2D eigenvalue weighted by atomic mass is 10.1. The monoisotopic (exact) mass is 410 g/mol. The van der Waals surface area contributed by atoms with E-state index in [9.17, 15) is 17.6 Å². The number of amides is 1. The lowest BCUT2D eigenvalue weighted by Gasteiger charge is -2.34. The molecule has 3 rings (SSSR count). The van der Waals surface area contributed by atoms with E-state index < -0.39 is 15.8 Å². The maximum Gasteiger partial charge on any atom is 0.243 e. The Hall–Kier alpha value is -1.96. The van der Waals surface area contributed by atoms with Gasteiger partial charge in [-0.15, -0.1) is 0 Å². The van der Waals surface area contributed by atoms with E-state index in [1.807, 2.05) is 6.07 Å². The van der Waals surface area contributed by atoms with E-state index in [-0.39, 0.29) is 43.4 Å². The molecule has 0 unspecified atom stereocenters. The predicted octanol–water partition coefficient (Wildman–Crippen LogP) is 2.86. The maximum absolute atomic E-state index is 13.5. The molecular weight excluding hydrogens is 391 g/mol. The van der Waals surface area contributed by atoms with Gasteiger partial charge in [-0.3, -0.25) is 4.79 Å². The highest BCUT2D eigenvalue weighted by Gasteiger charge is 2.31. The van der Waals surface area contributed by atoms with Crippen LogP contribution in [0.25, 0.3) is 0 Å². The number of aryl methyl sites for hydroxylation is 1. The van der Waals surface area contributed by atoms with Gasteiger partial charge in [0.15, 0.2) is 0 Å². The molecule has 2 aromatic carbocycles. The summed E-state index contributed by atoms with van der Waals surface area (Å²) in [5.74, 6) is -0.685. The topological polar surface area (TPSA) is 57.7 Å². The summed E-state index contributed by atoms with van der Waals surface area (Å²) in [5, 5.41) is 0.536. The standard InChI is InChI=1S/C19H20ClFN2O3S/c1-14-6-7-16(21)13-18(14)27(25,26)23-10-8-22(9-11-23)19(24)12-15-4-2-3-5-17(15)20/h2-7,13H,8-12H2,1H3. The normalized spacial score (nSPS) is 15.7. The van der Waals surface area contributed by atoms with Crippen molar-refractivity contribution in [2.75, 3.05) is 26.2 Å². The summed E-state index contributed by atoms with van der Waals surface area (Å²) in [7, 11) is -3.80. The molecule has 2 aromatic rings. The first-order valence-electron chi connectivity index (χ1n) is 8.56. The average molecular weight is 411 g/mol. The van der Waals surface area contributed by atoms with Gasteiger partial charge >= 0.3 is 0 Å². The van der Waals surface area contributed by atoms with Crippen LogP contribution in [0.15, 0.2) is 47.4 Å². The van der Waals surface area contributed by atoms with Gasteiger partial charge in [-0.1, -0.05) is 35.9 Å². The van der Waals surface area contributed by atoms with Crippen LogP contribution in [0.1, 0.15) is 11.1 Å². The molecule has 1 fully saturated rings. The van der Waals surface area contributed by atoms with Crippen molar-refractivity contribution in [3.8, 4) is 0 Å². The van der Waals surface area contributed by atoms with Crippen molar-refractivity contribution < 1.29 is 17.6 Å². The average Bonchev–Trinajstić information content (AvgIpc) is 2.65. The number of piperazine rings is 1. The molecule has 0 bridgehead atoms. The van der Waals surface area contributed by atoms with E-state index >= 15 is 0 Å². The Morgan fingerprint density at radius 3 is 2.44 bits per heavy atom. The van der Waals surface area contributed by atoms with Crippen molar-refractivity contribution in [1.29, 1.82) is 0 Å². The third-order valence-electron chi connectivity index (χ3n) is 4.66. The van der Waals surface area contributed by atoms with Gasteiger partial charge in [0.25, 0.3) is 0 Å². The number of sulfonamides is 1. The van der Waals surface area contributed by atoms with Crippen LogP contribution in [0, 0.1) is 12.7 Å². The van der Waals surface area contributed by atoms with Crippen LogP contribution in [-0.4, -0.2) is 49.7 Å². The molecule has 144 valence electrons. The summed E-state index contributed by atoms with van der Waals surface area (Å²) in [6, 6.07) is 10.9. The summed E-state index contributed by atoms with van der Waals surface area (Å²) in [6.45, 7) is 2.56. The van der Waals surface area contributed by atoms with Gasteiger partial charge in [0.1, 0.15) is 5.82 Å². The van der Waals surface area contributed by atoms with Crippen LogP contribution in [0.5, 0.6) is 0 Å². The van der Waals surface area contributed by atoms with E-state index in [2.05, 4.69) is 0 Å². The van der Waals surface area contributed by atoms with Gasteiger partial charge in [0.2, 0.25) is 15.9 Å². The minimum atomic E-state index is -3.80. The molecular formula is C19H20ClFN2O3S. The van der Waals surface area contributed by atoms with Crippen LogP contribution in [0.2, 0.25) is 5.02 Å². The fourth-order valence-corrected chi connectivity index (χ4v) is 4.95. The molecule has 1 heterocycles. The number of carbonyl (C=O) groups is 1. The Morgan fingerprint density at radius 1 is 1.11 bits per heavy atom. The molecule has 0 aromatic heterocycles. The molecule has 8 heteroatoms. The summed E-state index contributed by atoms with van der Waals surface area (Å²) in [6.07, 6.45) is 0.176. The van der Waals surface area contributed by atoms with Crippen LogP contribution in [0.4, 0.5) is 4.39 Å². The van der Waals surface area contributed by atoms with E-state index in [0.717, 1.165) is 11.6 Å². The molecule has 0 spiro atoms. The van der Waals surface area contributed by atoms with Crippen molar-refractivity contribution in [3.05, 3.63) is 64.4 Å². The summed E-state index contributed by atoms with van der Waals surface area (Å²) >= 11 is 6.10. The van der Waals surface area contributed by atoms with Crippen molar-refractivity contribution in [1.82, 2.24) is 9.21 Å². The third-order valence-corrected chi connectivity index (χ3v) is 7.07. The largest absolute Gasteiger partial charge is 0.340 e. The highest BCUT2D eigenvalue weighted by molar-refractivity contribution is 7.89. The first-order valence-corrected chi connectivity index (χ1v) is 10.4. The van der Waals surface area contributed by atoms with Crippen molar-refractivity contribution >= 4 is 27.5 Å². The number of nitrogens with zero attached hydrogens (tertiary/aromatic N) is 2. The minimum Gasteiger partial charge on any atom is -0.340 e. The lowest BCUT2D eigenvalue weighted by Crippen LogP contribution is -2.51. The van der Waals surface area contributed by atoms with Gasteiger partial charge in [-0.25, -0.2) is 12.8 Å².